The molecule has 0 aliphatic heterocycles. The van der Waals surface area contributed by atoms with Gasteiger partial charge in [0.05, 0.1) is 0 Å². The van der Waals surface area contributed by atoms with Crippen molar-refractivity contribution < 1.29 is 0 Å². The number of aryl methyl sites for hydroxylation is 1. The van der Waals surface area contributed by atoms with E-state index < -0.39 is 0 Å². The predicted molar refractivity (Wildman–Crippen MR) is 82.2 cm³/mol. The minimum Gasteiger partial charge on any atom is -0.329 e. The van der Waals surface area contributed by atoms with Crippen molar-refractivity contribution >= 4 is 11.8 Å². The summed E-state index contributed by atoms with van der Waals surface area (Å²) in [6, 6.07) is 0.311. The second-order valence-corrected chi connectivity index (χ2v) is 7.70. The fourth-order valence-electron chi connectivity index (χ4n) is 2.89. The van der Waals surface area contributed by atoms with Crippen LogP contribution in [0.2, 0.25) is 0 Å². The fraction of sp³-hybridized carbons (Fsp3) is 0.800. The van der Waals surface area contributed by atoms with Crippen LogP contribution in [-0.2, 0) is 7.05 Å². The summed E-state index contributed by atoms with van der Waals surface area (Å²) < 4.78 is 2.09. The van der Waals surface area contributed by atoms with Gasteiger partial charge in [0.1, 0.15) is 0 Å². The van der Waals surface area contributed by atoms with Crippen molar-refractivity contribution in [3.8, 4) is 0 Å². The highest BCUT2D eigenvalue weighted by Crippen LogP contribution is 2.44. The first-order valence-electron chi connectivity index (χ1n) is 7.33. The fourth-order valence-corrected chi connectivity index (χ4v) is 4.15. The Kier molecular flexibility index (Phi) is 4.62. The van der Waals surface area contributed by atoms with Crippen LogP contribution >= 0.6 is 11.8 Å². The normalized spacial score (nSPS) is 28.6. The van der Waals surface area contributed by atoms with Crippen LogP contribution in [0.5, 0.6) is 0 Å². The summed E-state index contributed by atoms with van der Waals surface area (Å²) in [5.74, 6) is 0.787. The number of thioether (sulfide) groups is 1. The number of imidazole rings is 1. The van der Waals surface area contributed by atoms with Gasteiger partial charge in [-0.1, -0.05) is 39.0 Å². The molecular weight excluding hydrogens is 254 g/mol. The minimum atomic E-state index is 0.311. The molecule has 0 saturated heterocycles. The van der Waals surface area contributed by atoms with Crippen molar-refractivity contribution in [2.75, 3.05) is 0 Å². The lowest BCUT2D eigenvalue weighted by molar-refractivity contribution is 0.148. The monoisotopic (exact) mass is 281 g/mol. The molecule has 1 aromatic heterocycles. The van der Waals surface area contributed by atoms with E-state index in [1.54, 1.807) is 0 Å². The average Bonchev–Trinajstić information content (AvgIpc) is 2.77. The smallest absolute Gasteiger partial charge is 0.167 e. The van der Waals surface area contributed by atoms with Crippen molar-refractivity contribution in [1.82, 2.24) is 9.55 Å². The number of hydrogen-bond acceptors (Lipinski definition) is 3. The molecule has 0 spiro atoms. The molecule has 108 valence electrons. The first-order chi connectivity index (χ1) is 8.94. The molecule has 2 rings (SSSR count). The van der Waals surface area contributed by atoms with Gasteiger partial charge in [0.25, 0.3) is 0 Å². The van der Waals surface area contributed by atoms with E-state index in [2.05, 4.69) is 37.4 Å². The third-order valence-corrected chi connectivity index (χ3v) is 6.34. The number of nitrogens with two attached hydrogens (primary N) is 1. The first-order valence-corrected chi connectivity index (χ1v) is 8.21. The molecule has 4 heteroatoms. The predicted octanol–water partition coefficient (Wildman–Crippen LogP) is 3.44. The Morgan fingerprint density at radius 2 is 2.21 bits per heavy atom. The summed E-state index contributed by atoms with van der Waals surface area (Å²) in [5, 5.41) is 1.60. The van der Waals surface area contributed by atoms with E-state index >= 15 is 0 Å². The van der Waals surface area contributed by atoms with Gasteiger partial charge >= 0.3 is 0 Å². The van der Waals surface area contributed by atoms with Crippen molar-refractivity contribution in [2.24, 2.45) is 24.1 Å². The van der Waals surface area contributed by atoms with E-state index in [0.717, 1.165) is 17.5 Å². The van der Waals surface area contributed by atoms with Crippen LogP contribution in [0, 0.1) is 11.3 Å². The molecular formula is C15H27N3S. The van der Waals surface area contributed by atoms with Crippen molar-refractivity contribution in [2.45, 2.75) is 62.9 Å². The van der Waals surface area contributed by atoms with E-state index in [1.807, 2.05) is 24.2 Å². The van der Waals surface area contributed by atoms with Crippen LogP contribution in [0.4, 0.5) is 0 Å². The molecule has 1 aliphatic rings. The third-order valence-electron chi connectivity index (χ3n) is 4.89. The maximum Gasteiger partial charge on any atom is 0.167 e. The molecule has 3 unspecified atom stereocenters. The van der Waals surface area contributed by atoms with Gasteiger partial charge in [-0.25, -0.2) is 4.98 Å². The summed E-state index contributed by atoms with van der Waals surface area (Å²) in [4.78, 5) is 4.42. The maximum absolute atomic E-state index is 6.33. The molecule has 1 heterocycles. The number of nitrogens with zero attached hydrogens (tertiary/aromatic N) is 2. The van der Waals surface area contributed by atoms with Crippen LogP contribution in [0.15, 0.2) is 17.6 Å². The molecule has 1 aromatic rings. The lowest BCUT2D eigenvalue weighted by atomic mass is 9.69. The third kappa shape index (κ3) is 3.34. The molecule has 0 amide bonds. The van der Waals surface area contributed by atoms with Crippen molar-refractivity contribution in [3.63, 3.8) is 0 Å². The molecule has 3 atom stereocenters. The van der Waals surface area contributed by atoms with Gasteiger partial charge in [0.2, 0.25) is 0 Å². The Balaban J connectivity index is 2.05. The Morgan fingerprint density at radius 3 is 2.79 bits per heavy atom. The van der Waals surface area contributed by atoms with Gasteiger partial charge < -0.3 is 10.3 Å². The molecule has 1 saturated carbocycles. The second kappa shape index (κ2) is 5.88. The van der Waals surface area contributed by atoms with Crippen LogP contribution in [0.3, 0.4) is 0 Å². The Morgan fingerprint density at radius 1 is 1.47 bits per heavy atom. The highest BCUT2D eigenvalue weighted by molar-refractivity contribution is 7.99. The van der Waals surface area contributed by atoms with Gasteiger partial charge in [-0.3, -0.25) is 0 Å². The van der Waals surface area contributed by atoms with E-state index in [4.69, 9.17) is 5.73 Å². The van der Waals surface area contributed by atoms with Crippen LogP contribution < -0.4 is 5.73 Å². The van der Waals surface area contributed by atoms with E-state index in [0.29, 0.717) is 16.7 Å². The molecule has 1 aliphatic carbocycles. The van der Waals surface area contributed by atoms with Crippen LogP contribution in [-0.4, -0.2) is 20.8 Å². The lowest BCUT2D eigenvalue weighted by Crippen LogP contribution is -2.42. The lowest BCUT2D eigenvalue weighted by Gasteiger charge is -2.41. The summed E-state index contributed by atoms with van der Waals surface area (Å²) in [5.41, 5.74) is 6.77. The van der Waals surface area contributed by atoms with Crippen LogP contribution in [0.25, 0.3) is 0 Å². The summed E-state index contributed by atoms with van der Waals surface area (Å²) in [6.45, 7) is 7.10. The van der Waals surface area contributed by atoms with Gasteiger partial charge in [-0.05, 0) is 30.6 Å². The zero-order valence-electron chi connectivity index (χ0n) is 12.6. The molecule has 0 radical (unpaired) electrons. The molecule has 1 fully saturated rings. The highest BCUT2D eigenvalue weighted by Gasteiger charge is 2.36. The number of rotatable bonds is 4. The molecule has 3 nitrogen and oxygen atoms in total. The zero-order chi connectivity index (χ0) is 14.0. The summed E-state index contributed by atoms with van der Waals surface area (Å²) in [7, 11) is 2.05. The molecule has 0 aromatic carbocycles. The van der Waals surface area contributed by atoms with E-state index in [-0.39, 0.29) is 0 Å². The largest absolute Gasteiger partial charge is 0.329 e. The summed E-state index contributed by atoms with van der Waals surface area (Å²) in [6.07, 6.45) is 8.76. The Bertz CT molecular complexity index is 413. The number of hydrogen-bond donors (Lipinski definition) is 1. The van der Waals surface area contributed by atoms with Crippen molar-refractivity contribution in [3.05, 3.63) is 12.4 Å². The van der Waals surface area contributed by atoms with Gasteiger partial charge in [-0.15, -0.1) is 0 Å². The second-order valence-electron chi connectivity index (χ2n) is 6.49. The Labute approximate surface area is 121 Å². The average molecular weight is 281 g/mol. The SMILES string of the molecule is CCC(C)(C)C1CCC(N)C(Sc2nccn2C)C1. The van der Waals surface area contributed by atoms with Gasteiger partial charge in [0.15, 0.2) is 5.16 Å². The van der Waals surface area contributed by atoms with Gasteiger partial charge in [-0.2, -0.15) is 0 Å². The van der Waals surface area contributed by atoms with Gasteiger partial charge in [0, 0.05) is 30.7 Å². The van der Waals surface area contributed by atoms with Crippen LogP contribution in [0.1, 0.15) is 46.5 Å². The molecule has 19 heavy (non-hydrogen) atoms. The highest BCUT2D eigenvalue weighted by atomic mass is 32.2. The molecule has 2 N–H and O–H groups in total. The maximum atomic E-state index is 6.33. The van der Waals surface area contributed by atoms with E-state index in [1.165, 1.54) is 19.3 Å². The van der Waals surface area contributed by atoms with E-state index in [9.17, 15) is 0 Å². The zero-order valence-corrected chi connectivity index (χ0v) is 13.4. The minimum absolute atomic E-state index is 0.311. The number of aromatic nitrogens is 2. The van der Waals surface area contributed by atoms with Crippen molar-refractivity contribution in [1.29, 1.82) is 0 Å². The Hall–Kier alpha value is -0.480. The standard InChI is InChI=1S/C15H27N3S/c1-5-15(2,3)11-6-7-12(16)13(10-11)19-14-17-8-9-18(14)4/h8-9,11-13H,5-7,10,16H2,1-4H3. The molecule has 0 bridgehead atoms. The summed E-state index contributed by atoms with van der Waals surface area (Å²) >= 11 is 1.86. The quantitative estimate of drug-likeness (QED) is 0.919. The first kappa shape index (κ1) is 14.9. The topological polar surface area (TPSA) is 43.8 Å².